The topological polar surface area (TPSA) is 111 Å². The molecule has 6 heteroatoms. The van der Waals surface area contributed by atoms with Crippen molar-refractivity contribution in [3.05, 3.63) is 0 Å². The number of esters is 1. The molecule has 0 saturated heterocycles. The highest BCUT2D eigenvalue weighted by molar-refractivity contribution is 5.74. The summed E-state index contributed by atoms with van der Waals surface area (Å²) in [6, 6.07) is 0. The maximum atomic E-state index is 10.1. The molecule has 13 heavy (non-hydrogen) atoms. The van der Waals surface area contributed by atoms with Gasteiger partial charge in [-0.15, -0.1) is 0 Å². The van der Waals surface area contributed by atoms with E-state index in [0.717, 1.165) is 12.8 Å². The molecular weight excluding hydrogens is 174 g/mol. The molecule has 0 amide bonds. The van der Waals surface area contributed by atoms with Crippen molar-refractivity contribution in [3.8, 4) is 0 Å². The van der Waals surface area contributed by atoms with Gasteiger partial charge in [0, 0.05) is 6.92 Å². The van der Waals surface area contributed by atoms with E-state index in [2.05, 4.69) is 28.3 Å². The second-order valence-corrected chi connectivity index (χ2v) is 2.22. The average molecular weight is 191 g/mol. The predicted molar refractivity (Wildman–Crippen MR) is 49.1 cm³/mol. The molecule has 0 aromatic heterocycles. The Labute approximate surface area is 77.5 Å². The molecule has 0 saturated carbocycles. The molecule has 0 spiro atoms. The van der Waals surface area contributed by atoms with Crippen LogP contribution in [0.5, 0.6) is 0 Å². The number of carbonyl (C=O) groups excluding carboxylic acids is 1. The molecule has 0 aromatic carbocycles. The number of guanidine groups is 1. The maximum Gasteiger partial charge on any atom is 0.302 e. The molecule has 0 radical (unpaired) electrons. The fourth-order valence-electron chi connectivity index (χ4n) is 0.360. The molecule has 0 aliphatic rings. The Balaban J connectivity index is 0. The fraction of sp³-hybridized carbons (Fsp3) is 0.714. The summed E-state index contributed by atoms with van der Waals surface area (Å²) in [4.78, 5) is 10.1. The average Bonchev–Trinajstić information content (AvgIpc) is 2.05. The molecule has 0 aromatic rings. The van der Waals surface area contributed by atoms with Gasteiger partial charge in [0.05, 0.1) is 6.61 Å². The van der Waals surface area contributed by atoms with Crippen LogP contribution in [0.2, 0.25) is 0 Å². The van der Waals surface area contributed by atoms with Gasteiger partial charge in [-0.2, -0.15) is 0 Å². The summed E-state index contributed by atoms with van der Waals surface area (Å²) in [6.07, 6.45) is 2.05. The van der Waals surface area contributed by atoms with Crippen LogP contribution in [0.4, 0.5) is 0 Å². The van der Waals surface area contributed by atoms with Crippen molar-refractivity contribution in [1.29, 1.82) is 0 Å². The molecule has 5 N–H and O–H groups in total. The SMILES string of the molecule is CCCCOC(C)=O.NC(N)=NO. The molecule has 0 atom stereocenters. The molecule has 0 unspecified atom stereocenters. The Morgan fingerprint density at radius 3 is 2.23 bits per heavy atom. The standard InChI is InChI=1S/C6H12O2.CH5N3O/c1-3-4-5-8-6(2)7;2-1(3)4-5/h3-5H2,1-2H3;5H,(H4,2,3,4). The first kappa shape index (κ1) is 14.1. The molecule has 0 rings (SSSR count). The van der Waals surface area contributed by atoms with Gasteiger partial charge in [-0.25, -0.2) is 0 Å². The van der Waals surface area contributed by atoms with Crippen LogP contribution in [0.3, 0.4) is 0 Å². The number of ether oxygens (including phenoxy) is 1. The molecule has 0 bridgehead atoms. The zero-order valence-electron chi connectivity index (χ0n) is 7.99. The lowest BCUT2D eigenvalue weighted by molar-refractivity contribution is -0.141. The minimum absolute atomic E-state index is 0.182. The molecule has 0 aliphatic heterocycles. The smallest absolute Gasteiger partial charge is 0.302 e. The summed E-state index contributed by atoms with van der Waals surface area (Å²) in [7, 11) is 0. The largest absolute Gasteiger partial charge is 0.466 e. The highest BCUT2D eigenvalue weighted by Crippen LogP contribution is 1.86. The number of hydrogen-bond donors (Lipinski definition) is 3. The van der Waals surface area contributed by atoms with Gasteiger partial charge in [0.1, 0.15) is 0 Å². The normalized spacial score (nSPS) is 7.85. The summed E-state index contributed by atoms with van der Waals surface area (Å²) in [5.74, 6) is -0.497. The lowest BCUT2D eigenvalue weighted by Crippen LogP contribution is -2.21. The van der Waals surface area contributed by atoms with Crippen molar-refractivity contribution < 1.29 is 14.7 Å². The van der Waals surface area contributed by atoms with E-state index in [0.29, 0.717) is 6.61 Å². The van der Waals surface area contributed by atoms with Gasteiger partial charge < -0.3 is 21.4 Å². The molecule has 78 valence electrons. The first-order valence-corrected chi connectivity index (χ1v) is 3.90. The van der Waals surface area contributed by atoms with Gasteiger partial charge in [0.15, 0.2) is 0 Å². The van der Waals surface area contributed by atoms with Crippen LogP contribution in [0.1, 0.15) is 26.7 Å². The number of unbranched alkanes of at least 4 members (excludes halogenated alkanes) is 1. The Kier molecular flexibility index (Phi) is 11.4. The minimum Gasteiger partial charge on any atom is -0.466 e. The zero-order valence-corrected chi connectivity index (χ0v) is 7.99. The summed E-state index contributed by atoms with van der Waals surface area (Å²) < 4.78 is 4.64. The van der Waals surface area contributed by atoms with Gasteiger partial charge in [-0.05, 0) is 6.42 Å². The Morgan fingerprint density at radius 1 is 1.54 bits per heavy atom. The van der Waals surface area contributed by atoms with Crippen molar-refractivity contribution in [2.45, 2.75) is 26.7 Å². The van der Waals surface area contributed by atoms with Crippen molar-refractivity contribution in [2.24, 2.45) is 16.6 Å². The van der Waals surface area contributed by atoms with E-state index in [1.54, 1.807) is 0 Å². The lowest BCUT2D eigenvalue weighted by Gasteiger charge is -1.96. The number of oxime groups is 1. The zero-order chi connectivity index (χ0) is 10.7. The number of carbonyl (C=O) groups is 1. The number of hydrogen-bond acceptors (Lipinski definition) is 4. The maximum absolute atomic E-state index is 10.1. The third-order valence-electron chi connectivity index (χ3n) is 0.919. The monoisotopic (exact) mass is 191 g/mol. The van der Waals surface area contributed by atoms with Crippen LogP contribution in [0, 0.1) is 0 Å². The molecule has 0 aliphatic carbocycles. The van der Waals surface area contributed by atoms with E-state index < -0.39 is 0 Å². The highest BCUT2D eigenvalue weighted by atomic mass is 16.5. The molecular formula is C7H17N3O3. The molecule has 0 fully saturated rings. The van der Waals surface area contributed by atoms with Crippen LogP contribution in [0.25, 0.3) is 0 Å². The summed E-state index contributed by atoms with van der Waals surface area (Å²) in [5, 5.41) is 9.84. The Bertz CT molecular complexity index is 155. The van der Waals surface area contributed by atoms with Crippen LogP contribution >= 0.6 is 0 Å². The van der Waals surface area contributed by atoms with E-state index in [-0.39, 0.29) is 11.9 Å². The van der Waals surface area contributed by atoms with Gasteiger partial charge in [0.25, 0.3) is 0 Å². The second-order valence-electron chi connectivity index (χ2n) is 2.22. The van der Waals surface area contributed by atoms with E-state index in [1.807, 2.05) is 0 Å². The predicted octanol–water partition coefficient (Wildman–Crippen LogP) is -0.00140. The van der Waals surface area contributed by atoms with Gasteiger partial charge in [-0.3, -0.25) is 4.79 Å². The first-order chi connectivity index (χ1) is 6.04. The van der Waals surface area contributed by atoms with Crippen molar-refractivity contribution in [2.75, 3.05) is 6.61 Å². The fourth-order valence-corrected chi connectivity index (χ4v) is 0.360. The highest BCUT2D eigenvalue weighted by Gasteiger charge is 1.88. The van der Waals surface area contributed by atoms with E-state index in [9.17, 15) is 4.79 Å². The number of rotatable bonds is 3. The van der Waals surface area contributed by atoms with Crippen LogP contribution < -0.4 is 11.5 Å². The summed E-state index contributed by atoms with van der Waals surface area (Å²) >= 11 is 0. The quantitative estimate of drug-likeness (QED) is 0.145. The lowest BCUT2D eigenvalue weighted by atomic mass is 10.4. The summed E-state index contributed by atoms with van der Waals surface area (Å²) in [6.45, 7) is 4.06. The first-order valence-electron chi connectivity index (χ1n) is 3.90. The third kappa shape index (κ3) is 25.0. The Hall–Kier alpha value is -1.46. The molecule has 0 heterocycles. The van der Waals surface area contributed by atoms with Crippen LogP contribution in [-0.4, -0.2) is 23.7 Å². The summed E-state index contributed by atoms with van der Waals surface area (Å²) in [5.41, 5.74) is 9.14. The Morgan fingerprint density at radius 2 is 2.00 bits per heavy atom. The van der Waals surface area contributed by atoms with Crippen molar-refractivity contribution >= 4 is 11.9 Å². The minimum atomic E-state index is -0.315. The second kappa shape index (κ2) is 10.5. The van der Waals surface area contributed by atoms with Crippen molar-refractivity contribution in [3.63, 3.8) is 0 Å². The van der Waals surface area contributed by atoms with Gasteiger partial charge >= 0.3 is 5.97 Å². The van der Waals surface area contributed by atoms with Crippen LogP contribution in [0.15, 0.2) is 5.16 Å². The van der Waals surface area contributed by atoms with Gasteiger partial charge in [-0.1, -0.05) is 18.5 Å². The van der Waals surface area contributed by atoms with Crippen LogP contribution in [-0.2, 0) is 9.53 Å². The van der Waals surface area contributed by atoms with E-state index in [1.165, 1.54) is 6.92 Å². The number of nitrogens with two attached hydrogens (primary N) is 2. The third-order valence-corrected chi connectivity index (χ3v) is 0.919. The number of nitrogens with zero attached hydrogens (tertiary/aromatic N) is 1. The van der Waals surface area contributed by atoms with E-state index >= 15 is 0 Å². The van der Waals surface area contributed by atoms with Gasteiger partial charge in [0.2, 0.25) is 5.96 Å². The molecule has 6 nitrogen and oxygen atoms in total. The van der Waals surface area contributed by atoms with E-state index in [4.69, 9.17) is 5.21 Å². The van der Waals surface area contributed by atoms with Crippen molar-refractivity contribution in [1.82, 2.24) is 0 Å².